The second-order valence-corrected chi connectivity index (χ2v) is 4.60. The SMILES string of the molecule is NNC1(CC(F)(F)F)CNCCc2ccccc21. The first-order valence-electron chi connectivity index (χ1n) is 5.80. The summed E-state index contributed by atoms with van der Waals surface area (Å²) in [6, 6.07) is 7.14. The predicted molar refractivity (Wildman–Crippen MR) is 62.7 cm³/mol. The number of nitrogens with one attached hydrogen (secondary N) is 2. The molecule has 1 aliphatic heterocycles. The van der Waals surface area contributed by atoms with Crippen molar-refractivity contribution in [3.8, 4) is 0 Å². The number of fused-ring (bicyclic) bond motifs is 1. The number of nitrogens with two attached hydrogens (primary N) is 1. The Labute approximate surface area is 104 Å². The molecule has 0 saturated heterocycles. The molecule has 1 aromatic carbocycles. The van der Waals surface area contributed by atoms with Crippen molar-refractivity contribution in [3.63, 3.8) is 0 Å². The molecule has 0 aromatic heterocycles. The van der Waals surface area contributed by atoms with Gasteiger partial charge in [-0.2, -0.15) is 13.2 Å². The Morgan fingerprint density at radius 1 is 1.33 bits per heavy atom. The highest BCUT2D eigenvalue weighted by Gasteiger charge is 2.44. The number of rotatable bonds is 2. The number of benzene rings is 1. The molecular weight excluding hydrogens is 243 g/mol. The van der Waals surface area contributed by atoms with Crippen LogP contribution in [0.15, 0.2) is 24.3 Å². The maximum atomic E-state index is 12.8. The number of hydrazine groups is 1. The first-order valence-corrected chi connectivity index (χ1v) is 5.80. The fourth-order valence-electron chi connectivity index (χ4n) is 2.50. The molecule has 2 rings (SSSR count). The van der Waals surface area contributed by atoms with Gasteiger partial charge in [0.25, 0.3) is 0 Å². The van der Waals surface area contributed by atoms with Crippen LogP contribution in [0.5, 0.6) is 0 Å². The fourth-order valence-corrected chi connectivity index (χ4v) is 2.50. The fraction of sp³-hybridized carbons (Fsp3) is 0.500. The van der Waals surface area contributed by atoms with Crippen LogP contribution in [0, 0.1) is 0 Å². The summed E-state index contributed by atoms with van der Waals surface area (Å²) >= 11 is 0. The van der Waals surface area contributed by atoms with E-state index in [4.69, 9.17) is 5.84 Å². The van der Waals surface area contributed by atoms with E-state index in [1.807, 2.05) is 12.1 Å². The van der Waals surface area contributed by atoms with Crippen molar-refractivity contribution in [2.24, 2.45) is 5.84 Å². The van der Waals surface area contributed by atoms with Gasteiger partial charge in [0.05, 0.1) is 12.0 Å². The standard InChI is InChI=1S/C12H16F3N3/c13-12(14,15)7-11(18-16)8-17-6-5-9-3-1-2-4-10(9)11/h1-4,17-18H,5-8,16H2. The lowest BCUT2D eigenvalue weighted by Crippen LogP contribution is -2.54. The van der Waals surface area contributed by atoms with Gasteiger partial charge in [-0.15, -0.1) is 0 Å². The van der Waals surface area contributed by atoms with Crippen molar-refractivity contribution >= 4 is 0 Å². The zero-order valence-corrected chi connectivity index (χ0v) is 9.85. The van der Waals surface area contributed by atoms with Gasteiger partial charge in [0.2, 0.25) is 0 Å². The molecule has 1 atom stereocenters. The summed E-state index contributed by atoms with van der Waals surface area (Å²) in [4.78, 5) is 0. The molecule has 4 N–H and O–H groups in total. The molecule has 1 aliphatic rings. The Kier molecular flexibility index (Phi) is 3.61. The lowest BCUT2D eigenvalue weighted by molar-refractivity contribution is -0.151. The molecule has 1 heterocycles. The van der Waals surface area contributed by atoms with Crippen molar-refractivity contribution in [2.75, 3.05) is 13.1 Å². The number of alkyl halides is 3. The zero-order valence-electron chi connectivity index (χ0n) is 9.85. The van der Waals surface area contributed by atoms with Crippen LogP contribution >= 0.6 is 0 Å². The molecule has 3 nitrogen and oxygen atoms in total. The highest BCUT2D eigenvalue weighted by Crippen LogP contribution is 2.36. The minimum Gasteiger partial charge on any atom is -0.314 e. The van der Waals surface area contributed by atoms with Crippen molar-refractivity contribution in [2.45, 2.75) is 24.6 Å². The van der Waals surface area contributed by atoms with Crippen molar-refractivity contribution in [3.05, 3.63) is 35.4 Å². The smallest absolute Gasteiger partial charge is 0.314 e. The van der Waals surface area contributed by atoms with E-state index in [-0.39, 0.29) is 6.54 Å². The second-order valence-electron chi connectivity index (χ2n) is 4.60. The van der Waals surface area contributed by atoms with Gasteiger partial charge in [0, 0.05) is 6.54 Å². The Balaban J connectivity index is 2.46. The van der Waals surface area contributed by atoms with E-state index in [0.29, 0.717) is 18.5 Å². The monoisotopic (exact) mass is 259 g/mol. The van der Waals surface area contributed by atoms with Gasteiger partial charge < -0.3 is 5.32 Å². The van der Waals surface area contributed by atoms with Gasteiger partial charge in [-0.3, -0.25) is 5.84 Å². The molecule has 1 unspecified atom stereocenters. The Morgan fingerprint density at radius 3 is 2.72 bits per heavy atom. The molecule has 0 amide bonds. The van der Waals surface area contributed by atoms with Crippen LogP contribution in [0.4, 0.5) is 13.2 Å². The van der Waals surface area contributed by atoms with E-state index in [1.165, 1.54) is 0 Å². The lowest BCUT2D eigenvalue weighted by Gasteiger charge is -2.34. The first kappa shape index (κ1) is 13.3. The average molecular weight is 259 g/mol. The van der Waals surface area contributed by atoms with Gasteiger partial charge in [-0.25, -0.2) is 5.43 Å². The van der Waals surface area contributed by atoms with Crippen molar-refractivity contribution < 1.29 is 13.2 Å². The van der Waals surface area contributed by atoms with E-state index >= 15 is 0 Å². The Bertz CT molecular complexity index is 419. The third-order valence-electron chi connectivity index (χ3n) is 3.31. The topological polar surface area (TPSA) is 50.1 Å². The highest BCUT2D eigenvalue weighted by molar-refractivity contribution is 5.36. The summed E-state index contributed by atoms with van der Waals surface area (Å²) in [5, 5.41) is 3.02. The van der Waals surface area contributed by atoms with Gasteiger partial charge >= 0.3 is 6.18 Å². The third-order valence-corrected chi connectivity index (χ3v) is 3.31. The van der Waals surface area contributed by atoms with Crippen LogP contribution in [0.1, 0.15) is 17.5 Å². The molecular formula is C12H16F3N3. The molecule has 0 saturated carbocycles. The van der Waals surface area contributed by atoms with Crippen LogP contribution < -0.4 is 16.6 Å². The minimum atomic E-state index is -4.27. The van der Waals surface area contributed by atoms with E-state index in [0.717, 1.165) is 5.56 Å². The summed E-state index contributed by atoms with van der Waals surface area (Å²) in [6.45, 7) is 0.818. The normalized spacial score (nSPS) is 24.4. The predicted octanol–water partition coefficient (Wildman–Crippen LogP) is 1.44. The lowest BCUT2D eigenvalue weighted by atomic mass is 9.84. The molecule has 0 radical (unpaired) electrons. The van der Waals surface area contributed by atoms with Gasteiger partial charge in [0.15, 0.2) is 0 Å². The second kappa shape index (κ2) is 4.87. The Morgan fingerprint density at radius 2 is 2.06 bits per heavy atom. The van der Waals surface area contributed by atoms with Crippen LogP contribution in [0.25, 0.3) is 0 Å². The van der Waals surface area contributed by atoms with Gasteiger partial charge in [0.1, 0.15) is 0 Å². The average Bonchev–Trinajstić information content (AvgIpc) is 2.48. The van der Waals surface area contributed by atoms with Crippen LogP contribution in [0.2, 0.25) is 0 Å². The molecule has 6 heteroatoms. The molecule has 1 aromatic rings. The van der Waals surface area contributed by atoms with Crippen molar-refractivity contribution in [1.82, 2.24) is 10.7 Å². The van der Waals surface area contributed by atoms with E-state index in [9.17, 15) is 13.2 Å². The van der Waals surface area contributed by atoms with Crippen molar-refractivity contribution in [1.29, 1.82) is 0 Å². The molecule has 18 heavy (non-hydrogen) atoms. The summed E-state index contributed by atoms with van der Waals surface area (Å²) in [5.74, 6) is 5.44. The zero-order chi connectivity index (χ0) is 13.2. The van der Waals surface area contributed by atoms with E-state index in [2.05, 4.69) is 10.7 Å². The number of hydrogen-bond acceptors (Lipinski definition) is 3. The molecule has 0 aliphatic carbocycles. The molecule has 100 valence electrons. The van der Waals surface area contributed by atoms with Gasteiger partial charge in [-0.05, 0) is 24.1 Å². The number of halogens is 3. The van der Waals surface area contributed by atoms with E-state index in [1.54, 1.807) is 12.1 Å². The number of hydrogen-bond donors (Lipinski definition) is 3. The minimum absolute atomic E-state index is 0.167. The molecule has 0 bridgehead atoms. The summed E-state index contributed by atoms with van der Waals surface area (Å²) in [7, 11) is 0. The largest absolute Gasteiger partial charge is 0.391 e. The quantitative estimate of drug-likeness (QED) is 0.556. The summed E-state index contributed by atoms with van der Waals surface area (Å²) in [6.07, 6.45) is -4.55. The summed E-state index contributed by atoms with van der Waals surface area (Å²) < 4.78 is 38.3. The van der Waals surface area contributed by atoms with Crippen LogP contribution in [0.3, 0.4) is 0 Å². The third kappa shape index (κ3) is 2.66. The summed E-state index contributed by atoms with van der Waals surface area (Å²) in [5.41, 5.74) is 2.64. The molecule has 0 fully saturated rings. The maximum absolute atomic E-state index is 12.8. The van der Waals surface area contributed by atoms with Crippen LogP contribution in [-0.4, -0.2) is 19.3 Å². The Hall–Kier alpha value is -1.11. The van der Waals surface area contributed by atoms with Crippen LogP contribution in [-0.2, 0) is 12.0 Å². The first-order chi connectivity index (χ1) is 8.47. The molecule has 0 spiro atoms. The maximum Gasteiger partial charge on any atom is 0.391 e. The highest BCUT2D eigenvalue weighted by atomic mass is 19.4. The van der Waals surface area contributed by atoms with E-state index < -0.39 is 18.1 Å². The van der Waals surface area contributed by atoms with Gasteiger partial charge in [-0.1, -0.05) is 24.3 Å².